The monoisotopic (exact) mass is 1390 g/mol. The molecule has 0 bridgehead atoms. The van der Waals surface area contributed by atoms with Crippen molar-refractivity contribution in [2.24, 2.45) is 0 Å². The summed E-state index contributed by atoms with van der Waals surface area (Å²) in [5, 5.41) is 121. The molecule has 17 atom stereocenters. The predicted octanol–water partition coefficient (Wildman–Crippen LogP) is 12.0. The molecule has 0 saturated carbocycles. The van der Waals surface area contributed by atoms with E-state index in [1.54, 1.807) is 6.08 Å². The molecule has 3 heterocycles. The van der Waals surface area contributed by atoms with Crippen molar-refractivity contribution >= 4 is 5.91 Å². The molecule has 0 spiro atoms. The molecule has 98 heavy (non-hydrogen) atoms. The molecule has 0 aromatic rings. The summed E-state index contributed by atoms with van der Waals surface area (Å²) in [4.78, 5) is 13.4. The first-order valence-corrected chi connectivity index (χ1v) is 38.5. The molecule has 3 rings (SSSR count). The predicted molar refractivity (Wildman–Crippen MR) is 387 cm³/mol. The van der Waals surface area contributed by atoms with Crippen LogP contribution in [0.3, 0.4) is 0 Å². The second-order valence-electron chi connectivity index (χ2n) is 27.1. The Morgan fingerprint density at radius 1 is 0.378 bits per heavy atom. The van der Waals surface area contributed by atoms with Gasteiger partial charge in [0.05, 0.1) is 38.6 Å². The van der Waals surface area contributed by atoms with E-state index in [0.29, 0.717) is 12.8 Å². The third-order valence-corrected chi connectivity index (χ3v) is 18.6. The van der Waals surface area contributed by atoms with Gasteiger partial charge in [-0.25, -0.2) is 0 Å². The zero-order chi connectivity index (χ0) is 71.1. The first-order chi connectivity index (χ1) is 47.8. The van der Waals surface area contributed by atoms with Crippen LogP contribution in [0, 0.1) is 0 Å². The topological polar surface area (TPSA) is 307 Å². The van der Waals surface area contributed by atoms with Crippen LogP contribution in [-0.4, -0.2) is 193 Å². The van der Waals surface area contributed by atoms with Gasteiger partial charge in [0.2, 0.25) is 5.91 Å². The van der Waals surface area contributed by atoms with Gasteiger partial charge < -0.3 is 89.9 Å². The number of nitrogens with one attached hydrogen (secondary N) is 1. The highest BCUT2D eigenvalue weighted by atomic mass is 16.8. The molecule has 3 saturated heterocycles. The largest absolute Gasteiger partial charge is 0.394 e. The van der Waals surface area contributed by atoms with Crippen molar-refractivity contribution in [2.75, 3.05) is 26.4 Å². The Kier molecular flexibility index (Phi) is 53.7. The number of allylic oxidation sites excluding steroid dienone is 15. The van der Waals surface area contributed by atoms with Crippen molar-refractivity contribution in [2.45, 2.75) is 369 Å². The van der Waals surface area contributed by atoms with Gasteiger partial charge in [-0.3, -0.25) is 4.79 Å². The van der Waals surface area contributed by atoms with Crippen molar-refractivity contribution in [3.05, 3.63) is 97.2 Å². The van der Waals surface area contributed by atoms with Crippen molar-refractivity contribution in [3.8, 4) is 0 Å². The van der Waals surface area contributed by atoms with Crippen molar-refractivity contribution < 1.29 is 89.4 Å². The molecule has 19 nitrogen and oxygen atoms in total. The van der Waals surface area contributed by atoms with Crippen LogP contribution in [0.1, 0.15) is 264 Å². The van der Waals surface area contributed by atoms with Crippen molar-refractivity contribution in [1.82, 2.24) is 5.32 Å². The summed E-state index contributed by atoms with van der Waals surface area (Å²) in [6, 6.07) is -1.000. The minimum absolute atomic E-state index is 0.230. The summed E-state index contributed by atoms with van der Waals surface area (Å²) in [5.41, 5.74) is 0. The van der Waals surface area contributed by atoms with Gasteiger partial charge in [0.15, 0.2) is 18.9 Å². The maximum absolute atomic E-state index is 13.4. The SMILES string of the molecule is CC/C=C\C/C=C\C/C=C\C/C=C\C/C=C\CCCCCCCCCCCCCCCCCCCCCCCC(=O)NC(COC1OC(CO)C(OC2OC(CO)C(OC3OC(CO)C(O)C(O)C3O)C(O)C2O)C(O)C1O)C(O)/C=C/CC/C=C/CC/C=C/CCCCCCCC. The number of amides is 1. The molecule has 0 aliphatic carbocycles. The van der Waals surface area contributed by atoms with Gasteiger partial charge in [0, 0.05) is 6.42 Å². The van der Waals surface area contributed by atoms with E-state index >= 15 is 0 Å². The number of ether oxygens (including phenoxy) is 6. The van der Waals surface area contributed by atoms with Gasteiger partial charge in [-0.2, -0.15) is 0 Å². The maximum Gasteiger partial charge on any atom is 0.220 e. The van der Waals surface area contributed by atoms with Gasteiger partial charge >= 0.3 is 0 Å². The fourth-order valence-electron chi connectivity index (χ4n) is 12.4. The van der Waals surface area contributed by atoms with E-state index in [1.807, 2.05) is 6.08 Å². The Morgan fingerprint density at radius 3 is 1.14 bits per heavy atom. The molecule has 1 amide bonds. The number of carbonyl (C=O) groups is 1. The number of aliphatic hydroxyl groups excluding tert-OH is 11. The second kappa shape index (κ2) is 59.1. The Hall–Kier alpha value is -3.29. The highest BCUT2D eigenvalue weighted by Crippen LogP contribution is 2.33. The molecule has 3 fully saturated rings. The zero-order valence-electron chi connectivity index (χ0n) is 60.2. The fraction of sp³-hybridized carbons (Fsp3) is 0.785. The quantitative estimate of drug-likeness (QED) is 0.0199. The average molecular weight is 1390 g/mol. The third-order valence-electron chi connectivity index (χ3n) is 18.6. The highest BCUT2D eigenvalue weighted by molar-refractivity contribution is 5.76. The summed E-state index contributed by atoms with van der Waals surface area (Å²) in [7, 11) is 0. The van der Waals surface area contributed by atoms with E-state index in [4.69, 9.17) is 28.4 Å². The van der Waals surface area contributed by atoms with Gasteiger partial charge in [0.1, 0.15) is 73.2 Å². The lowest BCUT2D eigenvalue weighted by Gasteiger charge is -2.48. The zero-order valence-corrected chi connectivity index (χ0v) is 60.2. The molecule has 3 aliphatic heterocycles. The number of carbonyl (C=O) groups excluding carboxylic acids is 1. The first-order valence-electron chi connectivity index (χ1n) is 38.5. The number of rotatable bonds is 59. The Morgan fingerprint density at radius 2 is 0.714 bits per heavy atom. The van der Waals surface area contributed by atoms with Gasteiger partial charge in [-0.1, -0.05) is 265 Å². The summed E-state index contributed by atoms with van der Waals surface area (Å²) in [6.45, 7) is 1.59. The van der Waals surface area contributed by atoms with E-state index in [-0.39, 0.29) is 18.9 Å². The number of hydrogen-bond acceptors (Lipinski definition) is 18. The van der Waals surface area contributed by atoms with Crippen LogP contribution < -0.4 is 5.32 Å². The summed E-state index contributed by atoms with van der Waals surface area (Å²) < 4.78 is 34.4. The van der Waals surface area contributed by atoms with Crippen LogP contribution in [-0.2, 0) is 33.2 Å². The van der Waals surface area contributed by atoms with Crippen LogP contribution in [0.15, 0.2) is 97.2 Å². The van der Waals surface area contributed by atoms with Gasteiger partial charge in [0.25, 0.3) is 0 Å². The minimum atomic E-state index is -1.99. The van der Waals surface area contributed by atoms with Crippen LogP contribution in [0.25, 0.3) is 0 Å². The molecule has 0 aromatic carbocycles. The van der Waals surface area contributed by atoms with Crippen LogP contribution in [0.2, 0.25) is 0 Å². The first kappa shape index (κ1) is 88.9. The summed E-state index contributed by atoms with van der Waals surface area (Å²) >= 11 is 0. The normalized spacial score (nSPS) is 27.3. The van der Waals surface area contributed by atoms with Gasteiger partial charge in [-0.15, -0.1) is 0 Å². The smallest absolute Gasteiger partial charge is 0.220 e. The third kappa shape index (κ3) is 39.4. The second-order valence-corrected chi connectivity index (χ2v) is 27.1. The molecular formula is C79H137NO18. The van der Waals surface area contributed by atoms with E-state index in [1.165, 1.54) is 154 Å². The number of unbranched alkanes of at least 4 members (excludes halogenated alkanes) is 29. The molecule has 19 heteroatoms. The van der Waals surface area contributed by atoms with E-state index < -0.39 is 124 Å². The lowest BCUT2D eigenvalue weighted by molar-refractivity contribution is -0.379. The molecule has 12 N–H and O–H groups in total. The summed E-state index contributed by atoms with van der Waals surface area (Å²) in [5.74, 6) is -0.289. The van der Waals surface area contributed by atoms with E-state index in [2.05, 4.69) is 104 Å². The van der Waals surface area contributed by atoms with Gasteiger partial charge in [-0.05, 0) is 89.9 Å². The number of aliphatic hydroxyl groups is 11. The Balaban J connectivity index is 1.33. The molecule has 0 aromatic heterocycles. The number of hydrogen-bond donors (Lipinski definition) is 12. The van der Waals surface area contributed by atoms with Crippen LogP contribution in [0.4, 0.5) is 0 Å². The molecule has 3 aliphatic rings. The summed E-state index contributed by atoms with van der Waals surface area (Å²) in [6.07, 6.45) is 52.7. The van der Waals surface area contributed by atoms with E-state index in [0.717, 1.165) is 77.0 Å². The lowest BCUT2D eigenvalue weighted by atomic mass is 9.96. The molecular weight excluding hydrogens is 1250 g/mol. The van der Waals surface area contributed by atoms with Crippen LogP contribution >= 0.6 is 0 Å². The minimum Gasteiger partial charge on any atom is -0.394 e. The van der Waals surface area contributed by atoms with Crippen LogP contribution in [0.5, 0.6) is 0 Å². The van der Waals surface area contributed by atoms with E-state index in [9.17, 15) is 61.0 Å². The average Bonchev–Trinajstić information content (AvgIpc) is 0.784. The Labute approximate surface area is 590 Å². The molecule has 0 radical (unpaired) electrons. The molecule has 566 valence electrons. The maximum atomic E-state index is 13.4. The standard InChI is InChI=1S/C79H137NO18/c1-3-5-7-9-11-13-15-17-19-21-22-23-24-25-26-27-28-29-30-31-32-33-34-35-36-37-38-39-40-41-43-45-47-49-51-53-55-57-67(85)80-62(63(84)56-54-52-50-48-46-44-42-20-18-16-14-12-10-8-6-4-2)61-93-77-73(91)70(88)75(65(59-82)95-77)98-79-74(92)71(89)76(66(60-83)96-79)97-78-72(90)69(87)68(86)64(58-81)94-78/h5,7,11,13,17-20,22-23,25-26,46,48,54,56,62-66,68-79,81-84,86-92H,3-4,6,8-10,12,14-16,21,24,27-45,47,49-53,55,57-61H2,1-2H3,(H,80,85)/b7-5-,13-11-,19-17-,20-18+,23-22-,26-25-,48-46+,56-54+. The van der Waals surface area contributed by atoms with Crippen molar-refractivity contribution in [3.63, 3.8) is 0 Å². The highest BCUT2D eigenvalue weighted by Gasteiger charge is 2.53. The lowest BCUT2D eigenvalue weighted by Crippen LogP contribution is -2.66. The van der Waals surface area contributed by atoms with Crippen molar-refractivity contribution in [1.29, 1.82) is 0 Å². The fourth-order valence-corrected chi connectivity index (χ4v) is 12.4. The molecule has 17 unspecified atom stereocenters. The Bertz CT molecular complexity index is 2150.